The van der Waals surface area contributed by atoms with Crippen LogP contribution in [0.4, 0.5) is 17.1 Å². The van der Waals surface area contributed by atoms with Gasteiger partial charge in [0.2, 0.25) is 11.8 Å². The fraction of sp³-hybridized carbons (Fsp3) is 0.300. The van der Waals surface area contributed by atoms with E-state index in [-0.39, 0.29) is 11.8 Å². The lowest BCUT2D eigenvalue weighted by Crippen LogP contribution is -2.32. The van der Waals surface area contributed by atoms with Gasteiger partial charge in [-0.3, -0.25) is 9.59 Å². The first-order valence-electron chi connectivity index (χ1n) is 8.62. The molecule has 25 heavy (non-hydrogen) atoms. The second-order valence-corrected chi connectivity index (χ2v) is 6.28. The van der Waals surface area contributed by atoms with Gasteiger partial charge in [0.15, 0.2) is 0 Å². The molecule has 0 radical (unpaired) electrons. The fourth-order valence-electron chi connectivity index (χ4n) is 3.14. The van der Waals surface area contributed by atoms with Crippen LogP contribution >= 0.6 is 0 Å². The number of carbonyl (C=O) groups excluding carboxylic acids is 2. The van der Waals surface area contributed by atoms with Gasteiger partial charge in [0, 0.05) is 43.5 Å². The molecule has 2 aromatic rings. The molecule has 0 fully saturated rings. The molecule has 0 saturated heterocycles. The summed E-state index contributed by atoms with van der Waals surface area (Å²) in [6.45, 7) is 3.18. The Bertz CT molecular complexity index is 756. The Morgan fingerprint density at radius 2 is 1.68 bits per heavy atom. The van der Waals surface area contributed by atoms with Gasteiger partial charge in [-0.05, 0) is 48.7 Å². The topological polar surface area (TPSA) is 61.4 Å². The lowest BCUT2D eigenvalue weighted by molar-refractivity contribution is -0.116. The van der Waals surface area contributed by atoms with Gasteiger partial charge in [0.25, 0.3) is 0 Å². The average Bonchev–Trinajstić information content (AvgIpc) is 2.61. The van der Waals surface area contributed by atoms with Crippen molar-refractivity contribution >= 4 is 28.9 Å². The Morgan fingerprint density at radius 1 is 1.00 bits per heavy atom. The quantitative estimate of drug-likeness (QED) is 0.879. The molecule has 0 bridgehead atoms. The smallest absolute Gasteiger partial charge is 0.226 e. The first-order valence-corrected chi connectivity index (χ1v) is 8.62. The summed E-state index contributed by atoms with van der Waals surface area (Å²) in [5.74, 6) is -0.117. The van der Waals surface area contributed by atoms with Gasteiger partial charge < -0.3 is 15.5 Å². The lowest BCUT2D eigenvalue weighted by Gasteiger charge is -2.31. The molecule has 0 saturated carbocycles. The van der Waals surface area contributed by atoms with Crippen LogP contribution in [0.3, 0.4) is 0 Å². The number of para-hydroxylation sites is 1. The Kier molecular flexibility index (Phi) is 5.33. The number of amides is 2. The van der Waals surface area contributed by atoms with Gasteiger partial charge in [-0.25, -0.2) is 0 Å². The van der Waals surface area contributed by atoms with Gasteiger partial charge >= 0.3 is 0 Å². The molecule has 3 rings (SSSR count). The number of carbonyl (C=O) groups is 2. The van der Waals surface area contributed by atoms with Crippen molar-refractivity contribution in [1.29, 1.82) is 0 Å². The van der Waals surface area contributed by atoms with E-state index in [2.05, 4.69) is 33.7 Å². The van der Waals surface area contributed by atoms with Crippen LogP contribution in [0.15, 0.2) is 48.5 Å². The maximum atomic E-state index is 12.2. The minimum Gasteiger partial charge on any atom is -0.371 e. The second-order valence-electron chi connectivity index (χ2n) is 6.28. The van der Waals surface area contributed by atoms with E-state index in [1.54, 1.807) is 24.3 Å². The van der Waals surface area contributed by atoms with Crippen LogP contribution in [0.1, 0.15) is 25.3 Å². The van der Waals surface area contributed by atoms with Crippen LogP contribution in [0.2, 0.25) is 0 Å². The van der Waals surface area contributed by atoms with Crippen molar-refractivity contribution in [3.8, 4) is 0 Å². The number of aryl methyl sites for hydroxylation is 1. The van der Waals surface area contributed by atoms with Gasteiger partial charge in [0.05, 0.1) is 0 Å². The van der Waals surface area contributed by atoms with E-state index in [4.69, 9.17) is 0 Å². The van der Waals surface area contributed by atoms with Crippen molar-refractivity contribution in [1.82, 2.24) is 0 Å². The zero-order chi connectivity index (χ0) is 17.6. The molecular formula is C20H23N3O2. The van der Waals surface area contributed by atoms with E-state index in [9.17, 15) is 9.59 Å². The highest BCUT2D eigenvalue weighted by Gasteiger charge is 2.16. The van der Waals surface area contributed by atoms with E-state index >= 15 is 0 Å². The third-order valence-corrected chi connectivity index (χ3v) is 4.30. The summed E-state index contributed by atoms with van der Waals surface area (Å²) < 4.78 is 0. The van der Waals surface area contributed by atoms with Crippen LogP contribution in [-0.4, -0.2) is 24.9 Å². The summed E-state index contributed by atoms with van der Waals surface area (Å²) in [5.41, 5.74) is 4.07. The third-order valence-electron chi connectivity index (χ3n) is 4.30. The highest BCUT2D eigenvalue weighted by atomic mass is 16.2. The summed E-state index contributed by atoms with van der Waals surface area (Å²) in [6.07, 6.45) is 2.69. The molecule has 1 aliphatic heterocycles. The number of hydrogen-bond donors (Lipinski definition) is 2. The molecule has 2 aromatic carbocycles. The van der Waals surface area contributed by atoms with Crippen LogP contribution in [0.5, 0.6) is 0 Å². The number of benzene rings is 2. The van der Waals surface area contributed by atoms with Gasteiger partial charge in [-0.2, -0.15) is 0 Å². The SMILES string of the molecule is CC(=O)Nc1ccc(NC(=O)CCN2CCCc3ccccc32)cc1. The molecule has 0 atom stereocenters. The van der Waals surface area contributed by atoms with Crippen LogP contribution < -0.4 is 15.5 Å². The van der Waals surface area contributed by atoms with Crippen LogP contribution in [0.25, 0.3) is 0 Å². The summed E-state index contributed by atoms with van der Waals surface area (Å²) >= 11 is 0. The predicted molar refractivity (Wildman–Crippen MR) is 101 cm³/mol. The van der Waals surface area contributed by atoms with E-state index in [0.29, 0.717) is 13.0 Å². The molecule has 5 heteroatoms. The molecule has 5 nitrogen and oxygen atoms in total. The highest BCUT2D eigenvalue weighted by molar-refractivity contribution is 5.92. The minimum absolute atomic E-state index is 0.00432. The Hall–Kier alpha value is -2.82. The highest BCUT2D eigenvalue weighted by Crippen LogP contribution is 2.26. The first kappa shape index (κ1) is 17.0. The zero-order valence-corrected chi connectivity index (χ0v) is 14.4. The van der Waals surface area contributed by atoms with E-state index in [0.717, 1.165) is 30.8 Å². The summed E-state index contributed by atoms with van der Waals surface area (Å²) in [7, 11) is 0. The molecule has 1 heterocycles. The summed E-state index contributed by atoms with van der Waals surface area (Å²) in [4.78, 5) is 25.5. The molecule has 0 aromatic heterocycles. The molecule has 1 aliphatic rings. The maximum absolute atomic E-state index is 12.2. The second kappa shape index (κ2) is 7.83. The molecule has 0 spiro atoms. The number of fused-ring (bicyclic) bond motifs is 1. The summed E-state index contributed by atoms with van der Waals surface area (Å²) in [5, 5.41) is 5.61. The normalized spacial score (nSPS) is 13.1. The standard InChI is InChI=1S/C20H23N3O2/c1-15(24)21-17-8-10-18(11-9-17)22-20(25)12-14-23-13-4-6-16-5-2-3-7-19(16)23/h2-3,5,7-11H,4,6,12-14H2,1H3,(H,21,24)(H,22,25). The molecule has 0 aliphatic carbocycles. The van der Waals surface area contributed by atoms with Gasteiger partial charge in [-0.1, -0.05) is 18.2 Å². The molecule has 130 valence electrons. The Morgan fingerprint density at radius 3 is 2.40 bits per heavy atom. The Labute approximate surface area is 148 Å². The van der Waals surface area contributed by atoms with Crippen molar-refractivity contribution in [2.24, 2.45) is 0 Å². The van der Waals surface area contributed by atoms with Crippen molar-refractivity contribution in [2.45, 2.75) is 26.2 Å². The number of anilines is 3. The third kappa shape index (κ3) is 4.59. The molecular weight excluding hydrogens is 314 g/mol. The van der Waals surface area contributed by atoms with Gasteiger partial charge in [0.1, 0.15) is 0 Å². The van der Waals surface area contributed by atoms with Crippen LogP contribution in [-0.2, 0) is 16.0 Å². The predicted octanol–water partition coefficient (Wildman–Crippen LogP) is 3.43. The molecule has 2 N–H and O–H groups in total. The van der Waals surface area contributed by atoms with Crippen molar-refractivity contribution < 1.29 is 9.59 Å². The van der Waals surface area contributed by atoms with E-state index < -0.39 is 0 Å². The fourth-order valence-corrected chi connectivity index (χ4v) is 3.14. The number of nitrogens with zero attached hydrogens (tertiary/aromatic N) is 1. The van der Waals surface area contributed by atoms with Crippen molar-refractivity contribution in [3.63, 3.8) is 0 Å². The van der Waals surface area contributed by atoms with Crippen LogP contribution in [0, 0.1) is 0 Å². The minimum atomic E-state index is -0.112. The number of hydrogen-bond acceptors (Lipinski definition) is 3. The maximum Gasteiger partial charge on any atom is 0.226 e. The average molecular weight is 337 g/mol. The number of nitrogens with one attached hydrogen (secondary N) is 2. The first-order chi connectivity index (χ1) is 12.1. The van der Waals surface area contributed by atoms with Crippen molar-refractivity contribution in [3.05, 3.63) is 54.1 Å². The molecule has 2 amide bonds. The van der Waals surface area contributed by atoms with E-state index in [1.165, 1.54) is 18.2 Å². The van der Waals surface area contributed by atoms with E-state index in [1.807, 2.05) is 6.07 Å². The summed E-state index contributed by atoms with van der Waals surface area (Å²) in [6, 6.07) is 15.5. The molecule has 0 unspecified atom stereocenters. The zero-order valence-electron chi connectivity index (χ0n) is 14.4. The van der Waals surface area contributed by atoms with Crippen molar-refractivity contribution in [2.75, 3.05) is 28.6 Å². The largest absolute Gasteiger partial charge is 0.371 e. The monoisotopic (exact) mass is 337 g/mol. The number of rotatable bonds is 5. The Balaban J connectivity index is 1.53. The lowest BCUT2D eigenvalue weighted by atomic mass is 10.0. The van der Waals surface area contributed by atoms with Gasteiger partial charge in [-0.15, -0.1) is 0 Å².